The Morgan fingerprint density at radius 3 is 2.10 bits per heavy atom. The highest BCUT2D eigenvalue weighted by Crippen LogP contribution is 2.44. The van der Waals surface area contributed by atoms with Gasteiger partial charge in [0.05, 0.1) is 5.92 Å². The summed E-state index contributed by atoms with van der Waals surface area (Å²) in [5.41, 5.74) is 4.50. The second-order valence-electron chi connectivity index (χ2n) is 10.7. The average molecular weight is 542 g/mol. The molecule has 1 aliphatic carbocycles. The quantitative estimate of drug-likeness (QED) is 0.371. The molecule has 208 valence electrons. The Balaban J connectivity index is 1.27. The van der Waals surface area contributed by atoms with Gasteiger partial charge in [-0.3, -0.25) is 14.5 Å². The third-order valence-electron chi connectivity index (χ3n) is 8.07. The molecule has 2 amide bonds. The molecule has 0 saturated carbocycles. The van der Waals surface area contributed by atoms with E-state index >= 15 is 0 Å². The van der Waals surface area contributed by atoms with Crippen LogP contribution < -0.4 is 10.6 Å². The van der Waals surface area contributed by atoms with Crippen molar-refractivity contribution in [1.82, 2.24) is 15.5 Å². The summed E-state index contributed by atoms with van der Waals surface area (Å²) in [6, 6.07) is 26.4. The number of nitrogens with zero attached hydrogens (tertiary/aromatic N) is 1. The van der Waals surface area contributed by atoms with Crippen molar-refractivity contribution in [3.05, 3.63) is 95.6 Å². The van der Waals surface area contributed by atoms with Crippen molar-refractivity contribution in [2.75, 3.05) is 26.2 Å². The summed E-state index contributed by atoms with van der Waals surface area (Å²) < 4.78 is 5.77. The third-order valence-corrected chi connectivity index (χ3v) is 8.07. The number of carbonyl (C=O) groups excluding carboxylic acids is 2. The molecular formula is C32H35N3O5. The standard InChI is InChI=1S/C32H35N3O5/c1-22(29(36)37)19-33-30(38)32(15-17-35(18-16-32)20-23-9-3-2-4-10-23)34-31(39)40-21-28-26-13-7-5-11-24(26)25-12-6-8-14-27(25)28/h2-14,22,28H,15-21H2,1H3,(H,33,38)(H,34,39)(H,36,37). The summed E-state index contributed by atoms with van der Waals surface area (Å²) in [6.45, 7) is 3.61. The summed E-state index contributed by atoms with van der Waals surface area (Å²) in [6.07, 6.45) is 0.119. The zero-order chi connectivity index (χ0) is 28.1. The van der Waals surface area contributed by atoms with E-state index in [1.54, 1.807) is 0 Å². The van der Waals surface area contributed by atoms with Crippen molar-refractivity contribution < 1.29 is 24.2 Å². The molecule has 2 aliphatic rings. The zero-order valence-electron chi connectivity index (χ0n) is 22.6. The van der Waals surface area contributed by atoms with Crippen molar-refractivity contribution >= 4 is 18.0 Å². The molecule has 3 N–H and O–H groups in total. The molecule has 1 unspecified atom stereocenters. The number of carboxylic acids is 1. The van der Waals surface area contributed by atoms with Crippen LogP contribution in [0.25, 0.3) is 11.1 Å². The molecule has 1 saturated heterocycles. The monoisotopic (exact) mass is 541 g/mol. The van der Waals surface area contributed by atoms with Gasteiger partial charge in [-0.2, -0.15) is 0 Å². The number of rotatable bonds is 9. The van der Waals surface area contributed by atoms with Gasteiger partial charge in [0.15, 0.2) is 0 Å². The van der Waals surface area contributed by atoms with Gasteiger partial charge in [-0.05, 0) is 40.7 Å². The van der Waals surface area contributed by atoms with Crippen LogP contribution in [0.5, 0.6) is 0 Å². The van der Waals surface area contributed by atoms with Crippen molar-refractivity contribution in [1.29, 1.82) is 0 Å². The second kappa shape index (κ2) is 11.9. The maximum Gasteiger partial charge on any atom is 0.408 e. The third kappa shape index (κ3) is 5.87. The molecule has 40 heavy (non-hydrogen) atoms. The topological polar surface area (TPSA) is 108 Å². The van der Waals surface area contributed by atoms with Crippen LogP contribution in [0.1, 0.15) is 42.4 Å². The van der Waals surface area contributed by atoms with E-state index in [1.807, 2.05) is 42.5 Å². The largest absolute Gasteiger partial charge is 0.481 e. The number of ether oxygens (including phenoxy) is 1. The molecule has 1 atom stereocenters. The molecule has 0 radical (unpaired) electrons. The van der Waals surface area contributed by atoms with E-state index in [0.717, 1.165) is 28.8 Å². The van der Waals surface area contributed by atoms with Crippen LogP contribution in [0.2, 0.25) is 0 Å². The Bertz CT molecular complexity index is 1320. The number of amides is 2. The molecule has 0 spiro atoms. The van der Waals surface area contributed by atoms with Gasteiger partial charge >= 0.3 is 12.1 Å². The van der Waals surface area contributed by atoms with E-state index in [-0.39, 0.29) is 25.0 Å². The molecule has 0 aromatic heterocycles. The van der Waals surface area contributed by atoms with Gasteiger partial charge in [0, 0.05) is 32.1 Å². The average Bonchev–Trinajstić information content (AvgIpc) is 3.29. The van der Waals surface area contributed by atoms with Gasteiger partial charge in [0.2, 0.25) is 5.91 Å². The lowest BCUT2D eigenvalue weighted by Gasteiger charge is -2.41. The Hall–Kier alpha value is -4.17. The number of fused-ring (bicyclic) bond motifs is 3. The van der Waals surface area contributed by atoms with E-state index in [9.17, 15) is 19.5 Å². The number of hydrogen-bond donors (Lipinski definition) is 3. The minimum Gasteiger partial charge on any atom is -0.481 e. The number of likely N-dealkylation sites (tertiary alicyclic amines) is 1. The first-order valence-corrected chi connectivity index (χ1v) is 13.8. The second-order valence-corrected chi connectivity index (χ2v) is 10.7. The number of piperidine rings is 1. The molecule has 8 heteroatoms. The van der Waals surface area contributed by atoms with Crippen LogP contribution in [0.15, 0.2) is 78.9 Å². The van der Waals surface area contributed by atoms with Crippen molar-refractivity contribution in [3.63, 3.8) is 0 Å². The maximum absolute atomic E-state index is 13.4. The summed E-state index contributed by atoms with van der Waals surface area (Å²) in [4.78, 5) is 40.2. The predicted molar refractivity (Wildman–Crippen MR) is 152 cm³/mol. The lowest BCUT2D eigenvalue weighted by atomic mass is 9.86. The van der Waals surface area contributed by atoms with Crippen molar-refractivity contribution in [2.24, 2.45) is 5.92 Å². The van der Waals surface area contributed by atoms with Gasteiger partial charge in [0.25, 0.3) is 0 Å². The first-order valence-electron chi connectivity index (χ1n) is 13.8. The minimum absolute atomic E-state index is 0.0178. The maximum atomic E-state index is 13.4. The molecular weight excluding hydrogens is 506 g/mol. The number of benzene rings is 3. The van der Waals surface area contributed by atoms with Crippen molar-refractivity contribution in [2.45, 2.75) is 37.8 Å². The molecule has 1 aliphatic heterocycles. The zero-order valence-corrected chi connectivity index (χ0v) is 22.6. The van der Waals surface area contributed by atoms with Gasteiger partial charge in [0.1, 0.15) is 12.1 Å². The minimum atomic E-state index is -1.19. The van der Waals surface area contributed by atoms with E-state index in [1.165, 1.54) is 12.5 Å². The van der Waals surface area contributed by atoms with Crippen molar-refractivity contribution in [3.8, 4) is 11.1 Å². The number of carbonyl (C=O) groups is 3. The van der Waals surface area contributed by atoms with E-state index in [0.29, 0.717) is 25.9 Å². The Labute approximate surface area is 234 Å². The number of aliphatic carboxylic acids is 1. The highest BCUT2D eigenvalue weighted by Gasteiger charge is 2.43. The number of hydrogen-bond acceptors (Lipinski definition) is 5. The van der Waals surface area contributed by atoms with Gasteiger partial charge in [-0.15, -0.1) is 0 Å². The number of carboxylic acid groups (broad SMARTS) is 1. The normalized spacial score (nSPS) is 16.8. The van der Waals surface area contributed by atoms with Crippen LogP contribution >= 0.6 is 0 Å². The number of alkyl carbamates (subject to hydrolysis) is 1. The Morgan fingerprint density at radius 1 is 0.925 bits per heavy atom. The van der Waals surface area contributed by atoms with E-state index in [4.69, 9.17) is 4.74 Å². The fourth-order valence-electron chi connectivity index (χ4n) is 5.68. The molecule has 3 aromatic rings. The highest BCUT2D eigenvalue weighted by atomic mass is 16.5. The smallest absolute Gasteiger partial charge is 0.408 e. The van der Waals surface area contributed by atoms with E-state index < -0.39 is 23.5 Å². The fourth-order valence-corrected chi connectivity index (χ4v) is 5.68. The molecule has 3 aromatic carbocycles. The van der Waals surface area contributed by atoms with E-state index in [2.05, 4.69) is 51.9 Å². The van der Waals surface area contributed by atoms with Gasteiger partial charge < -0.3 is 20.5 Å². The molecule has 1 heterocycles. The van der Waals surface area contributed by atoms with Crippen LogP contribution in [0.4, 0.5) is 4.79 Å². The summed E-state index contributed by atoms with van der Waals surface area (Å²) >= 11 is 0. The first-order chi connectivity index (χ1) is 19.4. The summed E-state index contributed by atoms with van der Waals surface area (Å²) in [5.74, 6) is -2.20. The van der Waals surface area contributed by atoms with Gasteiger partial charge in [-0.1, -0.05) is 85.8 Å². The first kappa shape index (κ1) is 27.4. The SMILES string of the molecule is CC(CNC(=O)C1(NC(=O)OCC2c3ccccc3-c3ccccc32)CCN(Cc2ccccc2)CC1)C(=O)O. The summed E-state index contributed by atoms with van der Waals surface area (Å²) in [7, 11) is 0. The Kier molecular flexibility index (Phi) is 8.16. The van der Waals surface area contributed by atoms with Crippen LogP contribution in [0, 0.1) is 5.92 Å². The number of nitrogens with one attached hydrogen (secondary N) is 2. The fraction of sp³-hybridized carbons (Fsp3) is 0.344. The molecule has 5 rings (SSSR count). The van der Waals surface area contributed by atoms with Crippen LogP contribution in [-0.4, -0.2) is 59.8 Å². The van der Waals surface area contributed by atoms with Crippen LogP contribution in [-0.2, 0) is 20.9 Å². The predicted octanol–water partition coefficient (Wildman–Crippen LogP) is 4.40. The molecule has 0 bridgehead atoms. The Morgan fingerprint density at radius 2 is 1.50 bits per heavy atom. The molecule has 8 nitrogen and oxygen atoms in total. The van der Waals surface area contributed by atoms with Gasteiger partial charge in [-0.25, -0.2) is 4.79 Å². The summed E-state index contributed by atoms with van der Waals surface area (Å²) in [5, 5.41) is 14.9. The molecule has 1 fully saturated rings. The lowest BCUT2D eigenvalue weighted by Crippen LogP contribution is -2.63. The lowest BCUT2D eigenvalue weighted by molar-refractivity contribution is -0.141. The van der Waals surface area contributed by atoms with Crippen LogP contribution in [0.3, 0.4) is 0 Å². The highest BCUT2D eigenvalue weighted by molar-refractivity contribution is 5.90.